The Morgan fingerprint density at radius 3 is 2.12 bits per heavy atom. The highest BCUT2D eigenvalue weighted by Gasteiger charge is 2.16. The van der Waals surface area contributed by atoms with E-state index in [1.807, 2.05) is 54.6 Å². The molecule has 1 aliphatic rings. The third-order valence-electron chi connectivity index (χ3n) is 5.84. The van der Waals surface area contributed by atoms with E-state index in [-0.39, 0.29) is 18.4 Å². The molecule has 0 unspecified atom stereocenters. The van der Waals surface area contributed by atoms with Crippen LogP contribution in [-0.4, -0.2) is 56.0 Å². The van der Waals surface area contributed by atoms with Crippen LogP contribution in [0.25, 0.3) is 0 Å². The number of hydrogen-bond donors (Lipinski definition) is 2. The van der Waals surface area contributed by atoms with Crippen LogP contribution in [0.3, 0.4) is 0 Å². The minimum Gasteiger partial charge on any atom is -0.457 e. The van der Waals surface area contributed by atoms with Gasteiger partial charge in [-0.3, -0.25) is 9.59 Å². The maximum atomic E-state index is 12.4. The van der Waals surface area contributed by atoms with E-state index in [2.05, 4.69) is 27.4 Å². The first-order valence-corrected chi connectivity index (χ1v) is 11.6. The number of amides is 2. The summed E-state index contributed by atoms with van der Waals surface area (Å²) in [5, 5.41) is 5.49. The van der Waals surface area contributed by atoms with Gasteiger partial charge in [0.15, 0.2) is 0 Å². The van der Waals surface area contributed by atoms with Gasteiger partial charge in [0.05, 0.1) is 6.54 Å². The zero-order chi connectivity index (χ0) is 23.8. The van der Waals surface area contributed by atoms with Crippen molar-refractivity contribution in [1.29, 1.82) is 0 Å². The minimum absolute atomic E-state index is 0.109. The Morgan fingerprint density at radius 2 is 1.47 bits per heavy atom. The highest BCUT2D eigenvalue weighted by atomic mass is 16.5. The molecule has 1 saturated heterocycles. The van der Waals surface area contributed by atoms with Crippen molar-refractivity contribution in [1.82, 2.24) is 10.2 Å². The van der Waals surface area contributed by atoms with Gasteiger partial charge in [-0.25, -0.2) is 0 Å². The van der Waals surface area contributed by atoms with Crippen LogP contribution in [0, 0.1) is 0 Å². The second-order valence-electron chi connectivity index (χ2n) is 8.14. The highest BCUT2D eigenvalue weighted by molar-refractivity contribution is 5.99. The Morgan fingerprint density at radius 1 is 0.824 bits per heavy atom. The maximum Gasteiger partial charge on any atom is 0.251 e. The van der Waals surface area contributed by atoms with Crippen LogP contribution in [-0.2, 0) is 4.79 Å². The summed E-state index contributed by atoms with van der Waals surface area (Å²) >= 11 is 0. The van der Waals surface area contributed by atoms with E-state index in [4.69, 9.17) is 4.74 Å². The van der Waals surface area contributed by atoms with Crippen LogP contribution in [0.1, 0.15) is 17.3 Å². The number of para-hydroxylation sites is 1. The van der Waals surface area contributed by atoms with Crippen LogP contribution in [0.15, 0.2) is 78.9 Å². The van der Waals surface area contributed by atoms with E-state index in [0.29, 0.717) is 17.0 Å². The lowest BCUT2D eigenvalue weighted by molar-refractivity contribution is -0.115. The number of carbonyl (C=O) groups is 2. The lowest BCUT2D eigenvalue weighted by Crippen LogP contribution is -2.46. The van der Waals surface area contributed by atoms with Gasteiger partial charge >= 0.3 is 0 Å². The minimum atomic E-state index is -0.317. The lowest BCUT2D eigenvalue weighted by atomic mass is 10.2. The van der Waals surface area contributed by atoms with Gasteiger partial charge in [-0.15, -0.1) is 0 Å². The van der Waals surface area contributed by atoms with E-state index in [0.717, 1.165) is 44.2 Å². The van der Waals surface area contributed by atoms with E-state index < -0.39 is 0 Å². The molecule has 2 amide bonds. The van der Waals surface area contributed by atoms with Crippen molar-refractivity contribution in [3.05, 3.63) is 84.4 Å². The van der Waals surface area contributed by atoms with E-state index in [9.17, 15) is 9.59 Å². The Kier molecular flexibility index (Phi) is 7.78. The third-order valence-corrected chi connectivity index (χ3v) is 5.84. The molecular formula is C27H30N4O3. The number of nitrogens with one attached hydrogen (secondary N) is 2. The Balaban J connectivity index is 1.22. The summed E-state index contributed by atoms with van der Waals surface area (Å²) in [6.07, 6.45) is 0. The molecule has 0 aliphatic carbocycles. The zero-order valence-electron chi connectivity index (χ0n) is 19.4. The van der Waals surface area contributed by atoms with Gasteiger partial charge in [-0.1, -0.05) is 25.1 Å². The van der Waals surface area contributed by atoms with Crippen LogP contribution >= 0.6 is 0 Å². The van der Waals surface area contributed by atoms with Gasteiger partial charge in [-0.2, -0.15) is 0 Å². The first kappa shape index (κ1) is 23.3. The summed E-state index contributed by atoms with van der Waals surface area (Å²) in [6.45, 7) is 7.31. The molecule has 0 spiro atoms. The second-order valence-corrected chi connectivity index (χ2v) is 8.14. The number of ether oxygens (including phenoxy) is 1. The molecule has 1 fully saturated rings. The Hall–Kier alpha value is -3.84. The molecule has 176 valence electrons. The second kappa shape index (κ2) is 11.3. The first-order valence-electron chi connectivity index (χ1n) is 11.6. The molecule has 3 aromatic rings. The van der Waals surface area contributed by atoms with Crippen molar-refractivity contribution in [3.8, 4) is 11.5 Å². The molecule has 4 rings (SSSR count). The monoisotopic (exact) mass is 458 g/mol. The van der Waals surface area contributed by atoms with Crippen molar-refractivity contribution < 1.29 is 14.3 Å². The molecule has 3 aromatic carbocycles. The van der Waals surface area contributed by atoms with Gasteiger partial charge in [0, 0.05) is 43.1 Å². The predicted octanol–water partition coefficient (Wildman–Crippen LogP) is 3.99. The topological polar surface area (TPSA) is 73.9 Å². The largest absolute Gasteiger partial charge is 0.457 e. The number of benzene rings is 3. The first-order chi connectivity index (χ1) is 16.6. The molecule has 34 heavy (non-hydrogen) atoms. The predicted molar refractivity (Wildman–Crippen MR) is 135 cm³/mol. The lowest BCUT2D eigenvalue weighted by Gasteiger charge is -2.35. The zero-order valence-corrected chi connectivity index (χ0v) is 19.4. The third kappa shape index (κ3) is 6.36. The standard InChI is InChI=1S/C27H30N4O3/c1-2-30-16-18-31(19-17-30)23-12-10-22(11-13-23)29-26(32)20-28-27(33)21-8-14-25(15-9-21)34-24-6-4-3-5-7-24/h3-15H,2,16-20H2,1H3,(H,28,33)(H,29,32). The fraction of sp³-hybridized carbons (Fsp3) is 0.259. The van der Waals surface area contributed by atoms with Crippen molar-refractivity contribution in [2.45, 2.75) is 6.92 Å². The van der Waals surface area contributed by atoms with E-state index in [1.54, 1.807) is 24.3 Å². The molecule has 0 aromatic heterocycles. The SMILES string of the molecule is CCN1CCN(c2ccc(NC(=O)CNC(=O)c3ccc(Oc4ccccc4)cc3)cc2)CC1. The smallest absolute Gasteiger partial charge is 0.251 e. The average molecular weight is 459 g/mol. The number of piperazine rings is 1. The van der Waals surface area contributed by atoms with Crippen LogP contribution in [0.5, 0.6) is 11.5 Å². The number of anilines is 2. The van der Waals surface area contributed by atoms with E-state index in [1.165, 1.54) is 0 Å². The number of nitrogens with zero attached hydrogens (tertiary/aromatic N) is 2. The summed E-state index contributed by atoms with van der Waals surface area (Å²) in [5.74, 6) is 0.768. The fourth-order valence-corrected chi connectivity index (χ4v) is 3.84. The maximum absolute atomic E-state index is 12.4. The molecule has 0 bridgehead atoms. The van der Waals surface area contributed by atoms with Crippen molar-refractivity contribution in [2.24, 2.45) is 0 Å². The number of carbonyl (C=O) groups excluding carboxylic acids is 2. The van der Waals surface area contributed by atoms with Crippen LogP contribution < -0.4 is 20.3 Å². The molecule has 1 heterocycles. The van der Waals surface area contributed by atoms with Crippen LogP contribution in [0.4, 0.5) is 11.4 Å². The normalized spacial score (nSPS) is 13.9. The summed E-state index contributed by atoms with van der Waals surface area (Å²) < 4.78 is 5.73. The Labute approximate surface area is 200 Å². The molecule has 0 radical (unpaired) electrons. The Bertz CT molecular complexity index is 1080. The van der Waals surface area contributed by atoms with Crippen LogP contribution in [0.2, 0.25) is 0 Å². The van der Waals surface area contributed by atoms with Gasteiger partial charge in [0.25, 0.3) is 5.91 Å². The molecular weight excluding hydrogens is 428 g/mol. The summed E-state index contributed by atoms with van der Waals surface area (Å²) in [7, 11) is 0. The van der Waals surface area contributed by atoms with Gasteiger partial charge in [0.2, 0.25) is 5.91 Å². The number of rotatable bonds is 8. The van der Waals surface area contributed by atoms with Gasteiger partial charge in [-0.05, 0) is 67.2 Å². The van der Waals surface area contributed by atoms with Crippen molar-refractivity contribution >= 4 is 23.2 Å². The average Bonchev–Trinajstić information content (AvgIpc) is 2.89. The molecule has 7 nitrogen and oxygen atoms in total. The quantitative estimate of drug-likeness (QED) is 0.534. The molecule has 0 atom stereocenters. The highest BCUT2D eigenvalue weighted by Crippen LogP contribution is 2.21. The number of likely N-dealkylation sites (N-methyl/N-ethyl adjacent to an activating group) is 1. The summed E-state index contributed by atoms with van der Waals surface area (Å²) in [6, 6.07) is 24.1. The molecule has 7 heteroatoms. The van der Waals surface area contributed by atoms with Crippen molar-refractivity contribution in [3.63, 3.8) is 0 Å². The van der Waals surface area contributed by atoms with Gasteiger partial charge in [0.1, 0.15) is 11.5 Å². The fourth-order valence-electron chi connectivity index (χ4n) is 3.84. The number of hydrogen-bond acceptors (Lipinski definition) is 5. The molecule has 1 aliphatic heterocycles. The summed E-state index contributed by atoms with van der Waals surface area (Å²) in [4.78, 5) is 29.5. The van der Waals surface area contributed by atoms with Crippen molar-refractivity contribution in [2.75, 3.05) is 49.5 Å². The molecule has 0 saturated carbocycles. The van der Waals surface area contributed by atoms with E-state index >= 15 is 0 Å². The van der Waals surface area contributed by atoms with Gasteiger partial charge < -0.3 is 25.2 Å². The molecule has 2 N–H and O–H groups in total. The summed E-state index contributed by atoms with van der Waals surface area (Å²) in [5.41, 5.74) is 2.32.